The van der Waals surface area contributed by atoms with Gasteiger partial charge in [-0.1, -0.05) is 30.3 Å². The summed E-state index contributed by atoms with van der Waals surface area (Å²) in [6.07, 6.45) is -0.117. The number of benzene rings is 2. The lowest BCUT2D eigenvalue weighted by Crippen LogP contribution is -2.41. The van der Waals surface area contributed by atoms with Gasteiger partial charge in [0.2, 0.25) is 0 Å². The van der Waals surface area contributed by atoms with Crippen molar-refractivity contribution in [1.29, 1.82) is 0 Å². The fraction of sp³-hybridized carbons (Fsp3) is 0.350. The van der Waals surface area contributed by atoms with Crippen molar-refractivity contribution in [3.05, 3.63) is 60.2 Å². The molecule has 0 bridgehead atoms. The normalized spacial score (nSPS) is 12.8. The van der Waals surface area contributed by atoms with Gasteiger partial charge in [0.15, 0.2) is 0 Å². The molecule has 25 heavy (non-hydrogen) atoms. The summed E-state index contributed by atoms with van der Waals surface area (Å²) in [4.78, 5) is 12.1. The molecule has 0 aliphatic heterocycles. The Hall–Kier alpha value is -2.69. The Labute approximate surface area is 149 Å². The van der Waals surface area contributed by atoms with Crippen LogP contribution in [0.4, 0.5) is 4.79 Å². The fourth-order valence-electron chi connectivity index (χ4n) is 2.36. The Bertz CT molecular complexity index is 644. The number of nitrogens with one attached hydrogen (secondary N) is 2. The maximum absolute atomic E-state index is 12.1. The summed E-state index contributed by atoms with van der Waals surface area (Å²) in [5, 5.41) is 5.76. The van der Waals surface area contributed by atoms with Crippen LogP contribution < -0.4 is 20.1 Å². The van der Waals surface area contributed by atoms with Crippen LogP contribution in [-0.4, -0.2) is 25.3 Å². The third kappa shape index (κ3) is 6.37. The molecule has 0 fully saturated rings. The zero-order valence-electron chi connectivity index (χ0n) is 15.0. The molecule has 0 saturated heterocycles. The van der Waals surface area contributed by atoms with Crippen LogP contribution in [0.3, 0.4) is 0 Å². The molecule has 2 N–H and O–H groups in total. The lowest BCUT2D eigenvalue weighted by Gasteiger charge is -2.18. The second kappa shape index (κ2) is 9.57. The largest absolute Gasteiger partial charge is 0.494 e. The number of para-hydroxylation sites is 1. The topological polar surface area (TPSA) is 59.6 Å². The molecule has 2 unspecified atom stereocenters. The van der Waals surface area contributed by atoms with Crippen molar-refractivity contribution in [3.63, 3.8) is 0 Å². The molecule has 2 aromatic carbocycles. The summed E-state index contributed by atoms with van der Waals surface area (Å²) >= 11 is 0. The number of ether oxygens (including phenoxy) is 2. The quantitative estimate of drug-likeness (QED) is 0.764. The van der Waals surface area contributed by atoms with Gasteiger partial charge in [-0.3, -0.25) is 0 Å². The first-order valence-electron chi connectivity index (χ1n) is 8.57. The van der Waals surface area contributed by atoms with Gasteiger partial charge in [-0.05, 0) is 50.6 Å². The van der Waals surface area contributed by atoms with Crippen LogP contribution in [0.2, 0.25) is 0 Å². The molecule has 0 spiro atoms. The zero-order chi connectivity index (χ0) is 18.1. The monoisotopic (exact) mass is 342 g/mol. The smallest absolute Gasteiger partial charge is 0.315 e. The third-order valence-corrected chi connectivity index (χ3v) is 3.67. The van der Waals surface area contributed by atoms with Crippen molar-refractivity contribution in [1.82, 2.24) is 10.6 Å². The highest BCUT2D eigenvalue weighted by molar-refractivity contribution is 5.74. The fourth-order valence-corrected chi connectivity index (χ4v) is 2.36. The molecule has 0 radical (unpaired) electrons. The zero-order valence-corrected chi connectivity index (χ0v) is 15.0. The number of rotatable bonds is 8. The van der Waals surface area contributed by atoms with Gasteiger partial charge in [-0.15, -0.1) is 0 Å². The highest BCUT2D eigenvalue weighted by Crippen LogP contribution is 2.17. The molecule has 5 heteroatoms. The Kier molecular flexibility index (Phi) is 7.14. The number of hydrogen-bond acceptors (Lipinski definition) is 3. The van der Waals surface area contributed by atoms with Gasteiger partial charge in [0.05, 0.1) is 19.2 Å². The van der Waals surface area contributed by atoms with E-state index in [9.17, 15) is 4.79 Å². The molecule has 0 saturated carbocycles. The van der Waals surface area contributed by atoms with Gasteiger partial charge < -0.3 is 20.1 Å². The Morgan fingerprint density at radius 3 is 2.32 bits per heavy atom. The number of carbonyl (C=O) groups excluding carboxylic acids is 1. The average molecular weight is 342 g/mol. The molecule has 0 heterocycles. The SMILES string of the molecule is CCOc1ccc(C(C)NC(=O)NCC(C)Oc2ccccc2)cc1. The average Bonchev–Trinajstić information content (AvgIpc) is 2.62. The van der Waals surface area contributed by atoms with E-state index in [4.69, 9.17) is 9.47 Å². The van der Waals surface area contributed by atoms with Crippen molar-refractivity contribution in [2.24, 2.45) is 0 Å². The van der Waals surface area contributed by atoms with Gasteiger partial charge in [0, 0.05) is 0 Å². The van der Waals surface area contributed by atoms with Crippen LogP contribution in [0.1, 0.15) is 32.4 Å². The Morgan fingerprint density at radius 1 is 1.00 bits per heavy atom. The van der Waals surface area contributed by atoms with E-state index < -0.39 is 0 Å². The summed E-state index contributed by atoms with van der Waals surface area (Å²) in [5.74, 6) is 1.62. The van der Waals surface area contributed by atoms with Crippen LogP contribution in [0.25, 0.3) is 0 Å². The third-order valence-electron chi connectivity index (χ3n) is 3.67. The number of hydrogen-bond donors (Lipinski definition) is 2. The van der Waals surface area contributed by atoms with E-state index in [-0.39, 0.29) is 18.2 Å². The first kappa shape index (κ1) is 18.6. The first-order chi connectivity index (χ1) is 12.1. The predicted octanol–water partition coefficient (Wildman–Crippen LogP) is 3.91. The highest BCUT2D eigenvalue weighted by Gasteiger charge is 2.11. The summed E-state index contributed by atoms with van der Waals surface area (Å²) in [5.41, 5.74) is 1.02. The lowest BCUT2D eigenvalue weighted by atomic mass is 10.1. The van der Waals surface area contributed by atoms with Crippen molar-refractivity contribution in [2.45, 2.75) is 32.9 Å². The van der Waals surface area contributed by atoms with Gasteiger partial charge in [0.1, 0.15) is 17.6 Å². The van der Waals surface area contributed by atoms with E-state index >= 15 is 0 Å². The van der Waals surface area contributed by atoms with Crippen molar-refractivity contribution in [3.8, 4) is 11.5 Å². The predicted molar refractivity (Wildman–Crippen MR) is 99.1 cm³/mol. The van der Waals surface area contributed by atoms with Gasteiger partial charge in [-0.25, -0.2) is 4.79 Å². The summed E-state index contributed by atoms with van der Waals surface area (Å²) in [6, 6.07) is 17.0. The van der Waals surface area contributed by atoms with Crippen LogP contribution in [0.5, 0.6) is 11.5 Å². The summed E-state index contributed by atoms with van der Waals surface area (Å²) < 4.78 is 11.2. The molecular weight excluding hydrogens is 316 g/mol. The van der Waals surface area contributed by atoms with Crippen molar-refractivity contribution < 1.29 is 14.3 Å². The molecule has 134 valence electrons. The minimum absolute atomic E-state index is 0.0963. The lowest BCUT2D eigenvalue weighted by molar-refractivity contribution is 0.206. The van der Waals surface area contributed by atoms with Crippen LogP contribution in [0, 0.1) is 0 Å². The van der Waals surface area contributed by atoms with Crippen molar-refractivity contribution in [2.75, 3.05) is 13.2 Å². The molecule has 0 aliphatic rings. The highest BCUT2D eigenvalue weighted by atomic mass is 16.5. The van der Waals surface area contributed by atoms with E-state index in [1.807, 2.05) is 75.4 Å². The maximum atomic E-state index is 12.1. The number of urea groups is 1. The van der Waals surface area contributed by atoms with Gasteiger partial charge in [-0.2, -0.15) is 0 Å². The van der Waals surface area contributed by atoms with E-state index in [1.165, 1.54) is 0 Å². The van der Waals surface area contributed by atoms with E-state index in [2.05, 4.69) is 10.6 Å². The summed E-state index contributed by atoms with van der Waals surface area (Å²) in [7, 11) is 0. The second-order valence-corrected chi connectivity index (χ2v) is 5.82. The first-order valence-corrected chi connectivity index (χ1v) is 8.57. The Morgan fingerprint density at radius 2 is 1.68 bits per heavy atom. The van der Waals surface area contributed by atoms with Crippen molar-refractivity contribution >= 4 is 6.03 Å². The number of amides is 2. The van der Waals surface area contributed by atoms with E-state index in [0.29, 0.717) is 13.2 Å². The molecular formula is C20H26N2O3. The maximum Gasteiger partial charge on any atom is 0.315 e. The molecule has 2 aromatic rings. The van der Waals surface area contributed by atoms with Gasteiger partial charge >= 0.3 is 6.03 Å². The molecule has 5 nitrogen and oxygen atoms in total. The van der Waals surface area contributed by atoms with E-state index in [0.717, 1.165) is 17.1 Å². The molecule has 2 atom stereocenters. The van der Waals surface area contributed by atoms with Crippen LogP contribution in [0.15, 0.2) is 54.6 Å². The van der Waals surface area contributed by atoms with Crippen LogP contribution in [-0.2, 0) is 0 Å². The molecule has 0 aliphatic carbocycles. The Balaban J connectivity index is 1.75. The molecule has 2 amide bonds. The molecule has 0 aromatic heterocycles. The van der Waals surface area contributed by atoms with E-state index in [1.54, 1.807) is 0 Å². The number of carbonyl (C=O) groups is 1. The second-order valence-electron chi connectivity index (χ2n) is 5.82. The van der Waals surface area contributed by atoms with Crippen LogP contribution >= 0.6 is 0 Å². The summed E-state index contributed by atoms with van der Waals surface area (Å²) in [6.45, 7) is 6.88. The van der Waals surface area contributed by atoms with Gasteiger partial charge in [0.25, 0.3) is 0 Å². The molecule has 2 rings (SSSR count). The standard InChI is InChI=1S/C20H26N2O3/c1-4-24-18-12-10-17(11-13-18)16(3)22-20(23)21-14-15(2)25-19-8-6-5-7-9-19/h5-13,15-16H,4,14H2,1-3H3,(H2,21,22,23). The minimum atomic E-state index is -0.218. The minimum Gasteiger partial charge on any atom is -0.494 e.